The van der Waals surface area contributed by atoms with Crippen molar-refractivity contribution < 1.29 is 9.66 Å². The number of aryl methyl sites for hydroxylation is 1. The summed E-state index contributed by atoms with van der Waals surface area (Å²) in [5.41, 5.74) is 4.00. The number of allylic oxidation sites excluding steroid dienone is 1. The van der Waals surface area contributed by atoms with Crippen LogP contribution in [0.2, 0.25) is 0 Å². The zero-order chi connectivity index (χ0) is 22.5. The first-order valence-electron chi connectivity index (χ1n) is 10.1. The number of fused-ring (bicyclic) bond motifs is 1. The lowest BCUT2D eigenvalue weighted by atomic mass is 9.98. The largest absolute Gasteiger partial charge is 0.488 e. The molecule has 0 N–H and O–H groups in total. The van der Waals surface area contributed by atoms with E-state index in [1.807, 2.05) is 73.7 Å². The molecule has 32 heavy (non-hydrogen) atoms. The van der Waals surface area contributed by atoms with Crippen LogP contribution in [0.5, 0.6) is 5.75 Å². The summed E-state index contributed by atoms with van der Waals surface area (Å²) in [4.78, 5) is 10.6. The Bertz CT molecular complexity index is 1370. The summed E-state index contributed by atoms with van der Waals surface area (Å²) in [6.07, 6.45) is 1.84. The van der Waals surface area contributed by atoms with Gasteiger partial charge in [0.05, 0.1) is 16.6 Å². The maximum atomic E-state index is 11.1. The molecule has 0 aromatic heterocycles. The average Bonchev–Trinajstić information content (AvgIpc) is 2.82. The van der Waals surface area contributed by atoms with Crippen molar-refractivity contribution in [2.24, 2.45) is 0 Å². The number of nitrogens with zero attached hydrogens (tertiary/aromatic N) is 2. The number of rotatable bonds is 6. The first-order chi connectivity index (χ1) is 15.5. The number of hydrogen-bond acceptors (Lipinski definition) is 4. The number of hydrogen-bond donors (Lipinski definition) is 0. The Morgan fingerprint density at radius 2 is 1.81 bits per heavy atom. The van der Waals surface area contributed by atoms with E-state index in [1.165, 1.54) is 12.1 Å². The van der Waals surface area contributed by atoms with E-state index in [1.54, 1.807) is 12.1 Å². The Morgan fingerprint density at radius 1 is 1.03 bits per heavy atom. The summed E-state index contributed by atoms with van der Waals surface area (Å²) < 4.78 is 6.09. The lowest BCUT2D eigenvalue weighted by Gasteiger charge is -2.13. The molecule has 4 rings (SSSR count). The minimum atomic E-state index is -0.422. The Morgan fingerprint density at radius 3 is 2.56 bits per heavy atom. The quantitative estimate of drug-likeness (QED) is 0.150. The van der Waals surface area contributed by atoms with Crippen molar-refractivity contribution in [2.75, 3.05) is 0 Å². The lowest BCUT2D eigenvalue weighted by molar-refractivity contribution is -0.384. The number of non-ortho nitro benzene ring substituents is 1. The second kappa shape index (κ2) is 9.15. The molecular weight excluding hydrogens is 400 g/mol. The van der Waals surface area contributed by atoms with Gasteiger partial charge in [-0.25, -0.2) is 0 Å². The molecule has 5 nitrogen and oxygen atoms in total. The second-order valence-corrected chi connectivity index (χ2v) is 7.45. The SMILES string of the molecule is Cc1ccc(/C(C#N)=C\c2c(OCc3cccc([N+](=O)[O-])c3)ccc3ccccc23)cc1. The van der Waals surface area contributed by atoms with Gasteiger partial charge in [0.25, 0.3) is 5.69 Å². The molecule has 0 heterocycles. The molecule has 0 aliphatic carbocycles. The van der Waals surface area contributed by atoms with Crippen molar-refractivity contribution in [1.82, 2.24) is 0 Å². The fourth-order valence-corrected chi connectivity index (χ4v) is 3.53. The molecule has 0 unspecified atom stereocenters. The molecule has 0 amide bonds. The Labute approximate surface area is 186 Å². The summed E-state index contributed by atoms with van der Waals surface area (Å²) in [6, 6.07) is 28.2. The Hall–Kier alpha value is -4.43. The second-order valence-electron chi connectivity index (χ2n) is 7.45. The van der Waals surface area contributed by atoms with Crippen LogP contribution in [0.15, 0.2) is 84.9 Å². The van der Waals surface area contributed by atoms with Gasteiger partial charge in [-0.1, -0.05) is 72.3 Å². The number of nitro benzene ring substituents is 1. The van der Waals surface area contributed by atoms with Crippen molar-refractivity contribution in [3.63, 3.8) is 0 Å². The van der Waals surface area contributed by atoms with Crippen molar-refractivity contribution in [2.45, 2.75) is 13.5 Å². The van der Waals surface area contributed by atoms with Gasteiger partial charge in [-0.15, -0.1) is 0 Å². The van der Waals surface area contributed by atoms with Crippen molar-refractivity contribution in [1.29, 1.82) is 5.26 Å². The third-order valence-electron chi connectivity index (χ3n) is 5.22. The predicted molar refractivity (Wildman–Crippen MR) is 126 cm³/mol. The Kier molecular flexibility index (Phi) is 5.96. The zero-order valence-corrected chi connectivity index (χ0v) is 17.5. The van der Waals surface area contributed by atoms with Crippen LogP contribution in [0.4, 0.5) is 5.69 Å². The third-order valence-corrected chi connectivity index (χ3v) is 5.22. The molecule has 0 fully saturated rings. The average molecular weight is 420 g/mol. The fourth-order valence-electron chi connectivity index (χ4n) is 3.53. The normalized spacial score (nSPS) is 11.2. The van der Waals surface area contributed by atoms with Crippen LogP contribution in [0.25, 0.3) is 22.4 Å². The van der Waals surface area contributed by atoms with E-state index in [0.29, 0.717) is 16.9 Å². The first kappa shape index (κ1) is 20.8. The number of ether oxygens (including phenoxy) is 1. The van der Waals surface area contributed by atoms with Gasteiger partial charge in [0, 0.05) is 17.7 Å². The maximum Gasteiger partial charge on any atom is 0.269 e. The van der Waals surface area contributed by atoms with E-state index in [9.17, 15) is 15.4 Å². The van der Waals surface area contributed by atoms with Gasteiger partial charge in [0.1, 0.15) is 12.4 Å². The maximum absolute atomic E-state index is 11.1. The first-order valence-corrected chi connectivity index (χ1v) is 10.1. The molecular formula is C27H20N2O3. The molecule has 4 aromatic rings. The molecule has 4 aromatic carbocycles. The highest BCUT2D eigenvalue weighted by Crippen LogP contribution is 2.32. The molecule has 0 spiro atoms. The summed E-state index contributed by atoms with van der Waals surface area (Å²) in [6.45, 7) is 2.18. The topological polar surface area (TPSA) is 76.2 Å². The van der Waals surface area contributed by atoms with Crippen LogP contribution in [-0.2, 0) is 6.61 Å². The summed E-state index contributed by atoms with van der Waals surface area (Å²) in [5.74, 6) is 0.607. The van der Waals surface area contributed by atoms with E-state index < -0.39 is 4.92 Å². The van der Waals surface area contributed by atoms with E-state index in [4.69, 9.17) is 4.74 Å². The van der Waals surface area contributed by atoms with E-state index >= 15 is 0 Å². The highest BCUT2D eigenvalue weighted by atomic mass is 16.6. The Balaban J connectivity index is 1.76. The van der Waals surface area contributed by atoms with Crippen LogP contribution in [0, 0.1) is 28.4 Å². The van der Waals surface area contributed by atoms with Crippen LogP contribution in [0.1, 0.15) is 22.3 Å². The van der Waals surface area contributed by atoms with E-state index in [-0.39, 0.29) is 12.3 Å². The smallest absolute Gasteiger partial charge is 0.269 e. The van der Waals surface area contributed by atoms with E-state index in [0.717, 1.165) is 27.5 Å². The number of nitro groups is 1. The van der Waals surface area contributed by atoms with Crippen LogP contribution >= 0.6 is 0 Å². The summed E-state index contributed by atoms with van der Waals surface area (Å²) in [5, 5.41) is 22.9. The number of nitriles is 1. The monoisotopic (exact) mass is 420 g/mol. The molecule has 0 radical (unpaired) electrons. The summed E-state index contributed by atoms with van der Waals surface area (Å²) >= 11 is 0. The lowest BCUT2D eigenvalue weighted by Crippen LogP contribution is -1.99. The third kappa shape index (κ3) is 4.50. The highest BCUT2D eigenvalue weighted by Gasteiger charge is 2.11. The molecule has 0 atom stereocenters. The number of benzene rings is 4. The predicted octanol–water partition coefficient (Wildman–Crippen LogP) is 6.70. The minimum absolute atomic E-state index is 0.0240. The molecule has 0 aliphatic heterocycles. The summed E-state index contributed by atoms with van der Waals surface area (Å²) in [7, 11) is 0. The van der Waals surface area contributed by atoms with Gasteiger partial charge in [-0.2, -0.15) is 5.26 Å². The zero-order valence-electron chi connectivity index (χ0n) is 17.5. The van der Waals surface area contributed by atoms with Crippen molar-refractivity contribution >= 4 is 28.1 Å². The standard InChI is InChI=1S/C27H20N2O3/c1-19-9-11-21(12-10-19)23(17-28)16-26-25-8-3-2-6-22(25)13-14-27(26)32-18-20-5-4-7-24(15-20)29(30)31/h2-16H,18H2,1H3/b23-16-. The molecule has 0 bridgehead atoms. The van der Waals surface area contributed by atoms with Crippen LogP contribution in [-0.4, -0.2) is 4.92 Å². The van der Waals surface area contributed by atoms with Crippen LogP contribution < -0.4 is 4.74 Å². The van der Waals surface area contributed by atoms with Gasteiger partial charge in [-0.3, -0.25) is 10.1 Å². The van der Waals surface area contributed by atoms with Crippen molar-refractivity contribution in [3.05, 3.63) is 117 Å². The molecule has 0 saturated carbocycles. The molecule has 0 saturated heterocycles. The highest BCUT2D eigenvalue weighted by molar-refractivity contribution is 6.00. The molecule has 156 valence electrons. The van der Waals surface area contributed by atoms with Crippen LogP contribution in [0.3, 0.4) is 0 Å². The van der Waals surface area contributed by atoms with Gasteiger partial charge in [0.2, 0.25) is 0 Å². The van der Waals surface area contributed by atoms with Gasteiger partial charge in [-0.05, 0) is 41.0 Å². The van der Waals surface area contributed by atoms with Gasteiger partial charge in [0.15, 0.2) is 0 Å². The molecule has 5 heteroatoms. The van der Waals surface area contributed by atoms with Gasteiger partial charge >= 0.3 is 0 Å². The van der Waals surface area contributed by atoms with Crippen molar-refractivity contribution in [3.8, 4) is 11.8 Å². The van der Waals surface area contributed by atoms with Gasteiger partial charge < -0.3 is 4.74 Å². The minimum Gasteiger partial charge on any atom is -0.488 e. The van der Waals surface area contributed by atoms with E-state index in [2.05, 4.69) is 6.07 Å². The molecule has 0 aliphatic rings. The fraction of sp³-hybridized carbons (Fsp3) is 0.0741.